The maximum absolute atomic E-state index is 5.56. The molecule has 0 aromatic carbocycles. The lowest BCUT2D eigenvalue weighted by molar-refractivity contribution is 1.11. The molecule has 60 valence electrons. The number of aliphatic imine (C=N–C) groups is 1. The van der Waals surface area contributed by atoms with E-state index in [0.29, 0.717) is 6.54 Å². The van der Waals surface area contributed by atoms with E-state index in [0.717, 1.165) is 5.70 Å². The lowest BCUT2D eigenvalue weighted by Crippen LogP contribution is -1.99. The number of hydrogen-bond acceptors (Lipinski definition) is 2. The van der Waals surface area contributed by atoms with Crippen molar-refractivity contribution < 1.29 is 0 Å². The molecular formula is C9H14N2. The van der Waals surface area contributed by atoms with Gasteiger partial charge in [-0.15, -0.1) is 0 Å². The van der Waals surface area contributed by atoms with Crippen LogP contribution in [0, 0.1) is 0 Å². The highest BCUT2D eigenvalue weighted by Gasteiger charge is 1.81. The molecule has 0 heterocycles. The van der Waals surface area contributed by atoms with E-state index in [1.807, 2.05) is 25.2 Å². The van der Waals surface area contributed by atoms with Crippen LogP contribution in [0.1, 0.15) is 6.92 Å². The lowest BCUT2D eigenvalue weighted by atomic mass is 10.4. The third kappa shape index (κ3) is 6.58. The first-order chi connectivity index (χ1) is 5.31. The number of nitrogens with two attached hydrogens (primary N) is 1. The van der Waals surface area contributed by atoms with Crippen molar-refractivity contribution in [2.45, 2.75) is 6.92 Å². The van der Waals surface area contributed by atoms with Gasteiger partial charge in [0.2, 0.25) is 0 Å². The van der Waals surface area contributed by atoms with Gasteiger partial charge in [-0.1, -0.05) is 24.8 Å². The molecule has 0 aliphatic carbocycles. The van der Waals surface area contributed by atoms with Crippen LogP contribution in [0.2, 0.25) is 0 Å². The molecule has 0 atom stereocenters. The summed E-state index contributed by atoms with van der Waals surface area (Å²) in [6, 6.07) is 0. The smallest absolute Gasteiger partial charge is 0.0784 e. The zero-order valence-corrected chi connectivity index (χ0v) is 6.83. The van der Waals surface area contributed by atoms with Gasteiger partial charge in [0.25, 0.3) is 0 Å². The fourth-order valence-corrected chi connectivity index (χ4v) is 0.505. The first-order valence-electron chi connectivity index (χ1n) is 3.49. The summed E-state index contributed by atoms with van der Waals surface area (Å²) in [4.78, 5) is 3.97. The molecule has 0 saturated carbocycles. The number of allylic oxidation sites excluding steroid dienone is 4. The van der Waals surface area contributed by atoms with Crippen LogP contribution in [0.25, 0.3) is 0 Å². The SMILES string of the molecule is C=C/C=N\C/C(N)=C\C=C/C. The Bertz CT molecular complexity index is 188. The Morgan fingerprint density at radius 2 is 2.36 bits per heavy atom. The highest BCUT2D eigenvalue weighted by molar-refractivity contribution is 5.70. The van der Waals surface area contributed by atoms with Gasteiger partial charge in [0, 0.05) is 11.9 Å². The van der Waals surface area contributed by atoms with Crippen LogP contribution < -0.4 is 5.73 Å². The molecule has 0 rings (SSSR count). The number of hydrogen-bond donors (Lipinski definition) is 1. The Balaban J connectivity index is 3.76. The van der Waals surface area contributed by atoms with Crippen molar-refractivity contribution in [3.8, 4) is 0 Å². The van der Waals surface area contributed by atoms with Crippen LogP contribution in [0.4, 0.5) is 0 Å². The molecule has 0 aliphatic rings. The second kappa shape index (κ2) is 6.81. The topological polar surface area (TPSA) is 38.4 Å². The molecule has 0 spiro atoms. The Hall–Kier alpha value is -1.31. The molecule has 0 amide bonds. The molecule has 0 unspecified atom stereocenters. The van der Waals surface area contributed by atoms with E-state index in [9.17, 15) is 0 Å². The second-order valence-electron chi connectivity index (χ2n) is 1.99. The summed E-state index contributed by atoms with van der Waals surface area (Å²) in [5.74, 6) is 0. The fourth-order valence-electron chi connectivity index (χ4n) is 0.505. The summed E-state index contributed by atoms with van der Waals surface area (Å²) in [6.07, 6.45) is 8.91. The van der Waals surface area contributed by atoms with E-state index in [4.69, 9.17) is 5.73 Å². The number of nitrogens with zero attached hydrogens (tertiary/aromatic N) is 1. The van der Waals surface area contributed by atoms with Gasteiger partial charge in [-0.2, -0.15) is 0 Å². The van der Waals surface area contributed by atoms with Crippen LogP contribution in [-0.2, 0) is 0 Å². The van der Waals surface area contributed by atoms with Gasteiger partial charge < -0.3 is 5.73 Å². The van der Waals surface area contributed by atoms with Crippen LogP contribution in [-0.4, -0.2) is 12.8 Å². The van der Waals surface area contributed by atoms with E-state index >= 15 is 0 Å². The zero-order chi connectivity index (χ0) is 8.53. The highest BCUT2D eigenvalue weighted by atomic mass is 14.8. The van der Waals surface area contributed by atoms with Gasteiger partial charge in [-0.25, -0.2) is 0 Å². The molecule has 0 aliphatic heterocycles. The normalized spacial score (nSPS) is 13.0. The van der Waals surface area contributed by atoms with Crippen molar-refractivity contribution >= 4 is 6.21 Å². The van der Waals surface area contributed by atoms with Gasteiger partial charge in [0.1, 0.15) is 0 Å². The fraction of sp³-hybridized carbons (Fsp3) is 0.222. The zero-order valence-electron chi connectivity index (χ0n) is 6.83. The van der Waals surface area contributed by atoms with Crippen LogP contribution >= 0.6 is 0 Å². The molecule has 0 aromatic rings. The molecule has 0 bridgehead atoms. The molecule has 2 nitrogen and oxygen atoms in total. The van der Waals surface area contributed by atoms with Crippen molar-refractivity contribution in [1.82, 2.24) is 0 Å². The van der Waals surface area contributed by atoms with Gasteiger partial charge in [-0.3, -0.25) is 4.99 Å². The predicted molar refractivity (Wildman–Crippen MR) is 50.6 cm³/mol. The maximum atomic E-state index is 5.56. The summed E-state index contributed by atoms with van der Waals surface area (Å²) in [7, 11) is 0. The summed E-state index contributed by atoms with van der Waals surface area (Å²) in [5, 5.41) is 0. The summed E-state index contributed by atoms with van der Waals surface area (Å²) in [6.45, 7) is 5.98. The second-order valence-corrected chi connectivity index (χ2v) is 1.99. The average Bonchev–Trinajstić information content (AvgIpc) is 2.01. The minimum absolute atomic E-state index is 0.538. The van der Waals surface area contributed by atoms with Crippen LogP contribution in [0.5, 0.6) is 0 Å². The average molecular weight is 150 g/mol. The molecule has 0 aromatic heterocycles. The van der Waals surface area contributed by atoms with Gasteiger partial charge >= 0.3 is 0 Å². The minimum Gasteiger partial charge on any atom is -0.401 e. The van der Waals surface area contributed by atoms with Crippen molar-refractivity contribution in [2.75, 3.05) is 6.54 Å². The molecule has 2 N–H and O–H groups in total. The summed E-state index contributed by atoms with van der Waals surface area (Å²) >= 11 is 0. The standard InChI is InChI=1S/C9H14N2/c1-3-5-6-9(10)8-11-7-4-2/h3-7H,2,8,10H2,1H3/b5-3-,9-6+,11-7-. The molecule has 0 radical (unpaired) electrons. The minimum atomic E-state index is 0.538. The van der Waals surface area contributed by atoms with Crippen molar-refractivity contribution in [1.29, 1.82) is 0 Å². The predicted octanol–water partition coefficient (Wildman–Crippen LogP) is 1.66. The summed E-state index contributed by atoms with van der Waals surface area (Å²) in [5.41, 5.74) is 6.31. The number of rotatable bonds is 4. The third-order valence-electron chi connectivity index (χ3n) is 0.987. The van der Waals surface area contributed by atoms with Crippen molar-refractivity contribution in [2.24, 2.45) is 10.7 Å². The van der Waals surface area contributed by atoms with Crippen LogP contribution in [0.3, 0.4) is 0 Å². The quantitative estimate of drug-likeness (QED) is 0.480. The first kappa shape index (κ1) is 9.69. The van der Waals surface area contributed by atoms with E-state index in [2.05, 4.69) is 11.6 Å². The van der Waals surface area contributed by atoms with Gasteiger partial charge in [-0.05, 0) is 13.0 Å². The maximum Gasteiger partial charge on any atom is 0.0784 e. The Morgan fingerprint density at radius 1 is 1.64 bits per heavy atom. The molecule has 0 saturated heterocycles. The van der Waals surface area contributed by atoms with Gasteiger partial charge in [0.05, 0.1) is 6.54 Å². The Kier molecular flexibility index (Phi) is 5.99. The monoisotopic (exact) mass is 150 g/mol. The Labute approximate surface area is 67.8 Å². The summed E-state index contributed by atoms with van der Waals surface area (Å²) < 4.78 is 0. The van der Waals surface area contributed by atoms with E-state index in [-0.39, 0.29) is 0 Å². The Morgan fingerprint density at radius 3 is 2.91 bits per heavy atom. The molecular weight excluding hydrogens is 136 g/mol. The lowest BCUT2D eigenvalue weighted by Gasteiger charge is -1.91. The van der Waals surface area contributed by atoms with Crippen molar-refractivity contribution in [3.63, 3.8) is 0 Å². The van der Waals surface area contributed by atoms with Gasteiger partial charge in [0.15, 0.2) is 0 Å². The van der Waals surface area contributed by atoms with E-state index in [1.54, 1.807) is 12.3 Å². The molecule has 0 fully saturated rings. The largest absolute Gasteiger partial charge is 0.401 e. The first-order valence-corrected chi connectivity index (χ1v) is 3.49. The van der Waals surface area contributed by atoms with Crippen molar-refractivity contribution in [3.05, 3.63) is 36.6 Å². The third-order valence-corrected chi connectivity index (χ3v) is 0.987. The molecule has 11 heavy (non-hydrogen) atoms. The van der Waals surface area contributed by atoms with E-state index < -0.39 is 0 Å². The molecule has 2 heteroatoms. The van der Waals surface area contributed by atoms with Crippen LogP contribution in [0.15, 0.2) is 41.6 Å². The highest BCUT2D eigenvalue weighted by Crippen LogP contribution is 1.85. The van der Waals surface area contributed by atoms with E-state index in [1.165, 1.54) is 0 Å².